The van der Waals surface area contributed by atoms with E-state index in [9.17, 15) is 4.79 Å². The van der Waals surface area contributed by atoms with Crippen LogP contribution in [0.2, 0.25) is 0 Å². The van der Waals surface area contributed by atoms with E-state index in [0.29, 0.717) is 12.8 Å². The van der Waals surface area contributed by atoms with Crippen molar-refractivity contribution >= 4 is 5.78 Å². The van der Waals surface area contributed by atoms with Crippen molar-refractivity contribution in [1.82, 2.24) is 0 Å². The second-order valence-electron chi connectivity index (χ2n) is 4.27. The number of carbonyl (C=O) groups excluding carboxylic acids is 1. The summed E-state index contributed by atoms with van der Waals surface area (Å²) >= 11 is 0. The van der Waals surface area contributed by atoms with Gasteiger partial charge in [0.1, 0.15) is 0 Å². The summed E-state index contributed by atoms with van der Waals surface area (Å²) in [4.78, 5) is 11.8. The van der Waals surface area contributed by atoms with Gasteiger partial charge in [-0.25, -0.2) is 0 Å². The summed E-state index contributed by atoms with van der Waals surface area (Å²) in [5.74, 6) is 0.0740. The number of nitrogens with two attached hydrogens (primary N) is 1. The molecule has 0 saturated carbocycles. The Kier molecular flexibility index (Phi) is 4.44. The van der Waals surface area contributed by atoms with Crippen molar-refractivity contribution in [2.75, 3.05) is 0 Å². The zero-order chi connectivity index (χ0) is 12.1. The zero-order valence-corrected chi connectivity index (χ0v) is 9.99. The molecule has 0 amide bonds. The van der Waals surface area contributed by atoms with E-state index in [-0.39, 0.29) is 5.78 Å². The predicted octanol–water partition coefficient (Wildman–Crippen LogP) is 2.32. The van der Waals surface area contributed by atoms with E-state index in [0.717, 1.165) is 5.56 Å². The van der Waals surface area contributed by atoms with E-state index in [1.54, 1.807) is 6.08 Å². The molecule has 86 valence electrons. The summed E-state index contributed by atoms with van der Waals surface area (Å²) < 4.78 is 0. The Morgan fingerprint density at radius 3 is 2.44 bits per heavy atom. The van der Waals surface area contributed by atoms with Gasteiger partial charge in [-0.2, -0.15) is 0 Å². The molecule has 0 fully saturated rings. The van der Waals surface area contributed by atoms with E-state index in [1.165, 1.54) is 11.1 Å². The number of rotatable bonds is 5. The van der Waals surface area contributed by atoms with Crippen LogP contribution in [0.4, 0.5) is 0 Å². The minimum Gasteiger partial charge on any atom is -0.321 e. The second kappa shape index (κ2) is 5.61. The highest BCUT2D eigenvalue weighted by Crippen LogP contribution is 2.10. The number of hydrogen-bond donors (Lipinski definition) is 1. The second-order valence-corrected chi connectivity index (χ2v) is 4.27. The maximum atomic E-state index is 11.8. The molecule has 0 bridgehead atoms. The molecule has 0 heterocycles. The molecule has 16 heavy (non-hydrogen) atoms. The molecule has 2 nitrogen and oxygen atoms in total. The van der Waals surface area contributed by atoms with Gasteiger partial charge in [0.2, 0.25) is 0 Å². The van der Waals surface area contributed by atoms with Crippen LogP contribution in [-0.4, -0.2) is 11.8 Å². The maximum absolute atomic E-state index is 11.8. The Balaban J connectivity index is 2.72. The number of aryl methyl sites for hydroxylation is 2. The zero-order valence-electron chi connectivity index (χ0n) is 9.99. The Labute approximate surface area is 97.2 Å². The van der Waals surface area contributed by atoms with Crippen LogP contribution in [0.25, 0.3) is 0 Å². The van der Waals surface area contributed by atoms with Gasteiger partial charge in [-0.15, -0.1) is 6.58 Å². The van der Waals surface area contributed by atoms with E-state index < -0.39 is 6.04 Å². The van der Waals surface area contributed by atoms with Crippen LogP contribution in [0.1, 0.15) is 23.1 Å². The SMILES string of the molecule is C=CCC(N)C(=O)Cc1cc(C)cc(C)c1. The summed E-state index contributed by atoms with van der Waals surface area (Å²) in [6.07, 6.45) is 2.64. The van der Waals surface area contributed by atoms with Gasteiger partial charge >= 0.3 is 0 Å². The molecule has 2 N–H and O–H groups in total. The fourth-order valence-electron chi connectivity index (χ4n) is 1.81. The first-order chi connectivity index (χ1) is 7.52. The first-order valence-corrected chi connectivity index (χ1v) is 5.49. The molecular formula is C14H19NO. The quantitative estimate of drug-likeness (QED) is 0.769. The Hall–Kier alpha value is -1.41. The molecule has 1 aromatic carbocycles. The number of benzene rings is 1. The summed E-state index contributed by atoms with van der Waals surface area (Å²) in [6, 6.07) is 5.74. The van der Waals surface area contributed by atoms with Crippen LogP contribution >= 0.6 is 0 Å². The molecule has 0 radical (unpaired) electrons. The average Bonchev–Trinajstić information content (AvgIpc) is 2.16. The first kappa shape index (κ1) is 12.7. The van der Waals surface area contributed by atoms with E-state index in [4.69, 9.17) is 5.73 Å². The molecule has 0 spiro atoms. The monoisotopic (exact) mass is 217 g/mol. The summed E-state index contributed by atoms with van der Waals surface area (Å²) in [6.45, 7) is 7.65. The average molecular weight is 217 g/mol. The lowest BCUT2D eigenvalue weighted by Gasteiger charge is -2.09. The lowest BCUT2D eigenvalue weighted by Crippen LogP contribution is -2.31. The van der Waals surface area contributed by atoms with Crippen LogP contribution in [0.15, 0.2) is 30.9 Å². The van der Waals surface area contributed by atoms with Crippen LogP contribution in [0, 0.1) is 13.8 Å². The molecule has 0 aliphatic heterocycles. The lowest BCUT2D eigenvalue weighted by atomic mass is 9.99. The normalized spacial score (nSPS) is 12.2. The third-order valence-corrected chi connectivity index (χ3v) is 2.49. The number of Topliss-reactive ketones (excluding diaryl/α,β-unsaturated/α-hetero) is 1. The lowest BCUT2D eigenvalue weighted by molar-refractivity contribution is -0.119. The van der Waals surface area contributed by atoms with Crippen molar-refractivity contribution < 1.29 is 4.79 Å². The van der Waals surface area contributed by atoms with Crippen LogP contribution in [0.3, 0.4) is 0 Å². The molecular weight excluding hydrogens is 198 g/mol. The number of carbonyl (C=O) groups is 1. The van der Waals surface area contributed by atoms with Gasteiger partial charge in [-0.1, -0.05) is 35.4 Å². The van der Waals surface area contributed by atoms with E-state index >= 15 is 0 Å². The third-order valence-electron chi connectivity index (χ3n) is 2.49. The largest absolute Gasteiger partial charge is 0.321 e. The first-order valence-electron chi connectivity index (χ1n) is 5.49. The van der Waals surface area contributed by atoms with E-state index in [1.807, 2.05) is 26.0 Å². The van der Waals surface area contributed by atoms with Crippen molar-refractivity contribution in [3.63, 3.8) is 0 Å². The topological polar surface area (TPSA) is 43.1 Å². The predicted molar refractivity (Wildman–Crippen MR) is 67.4 cm³/mol. The van der Waals surface area contributed by atoms with Gasteiger partial charge in [-0.05, 0) is 25.8 Å². The van der Waals surface area contributed by atoms with Gasteiger partial charge < -0.3 is 5.73 Å². The van der Waals surface area contributed by atoms with Crippen molar-refractivity contribution in [1.29, 1.82) is 0 Å². The fraction of sp³-hybridized carbons (Fsp3) is 0.357. The summed E-state index contributed by atoms with van der Waals surface area (Å²) in [7, 11) is 0. The highest BCUT2D eigenvalue weighted by molar-refractivity contribution is 5.86. The van der Waals surface area contributed by atoms with Gasteiger partial charge in [0, 0.05) is 6.42 Å². The van der Waals surface area contributed by atoms with Crippen molar-refractivity contribution in [2.45, 2.75) is 32.7 Å². The van der Waals surface area contributed by atoms with Crippen molar-refractivity contribution in [3.05, 3.63) is 47.5 Å². The molecule has 0 aromatic heterocycles. The molecule has 0 saturated heterocycles. The summed E-state index contributed by atoms with van der Waals surface area (Å²) in [5.41, 5.74) is 9.14. The molecule has 1 rings (SSSR count). The van der Waals surface area contributed by atoms with Gasteiger partial charge in [0.05, 0.1) is 6.04 Å². The maximum Gasteiger partial charge on any atom is 0.154 e. The molecule has 0 aliphatic rings. The Morgan fingerprint density at radius 2 is 1.94 bits per heavy atom. The van der Waals surface area contributed by atoms with Crippen molar-refractivity contribution in [3.8, 4) is 0 Å². The molecule has 2 heteroatoms. The standard InChI is InChI=1S/C14H19NO/c1-4-5-13(15)14(16)9-12-7-10(2)6-11(3)8-12/h4,6-8,13H,1,5,9,15H2,2-3H3. The minimum atomic E-state index is -0.418. The van der Waals surface area contributed by atoms with Crippen LogP contribution in [0.5, 0.6) is 0 Å². The molecule has 1 atom stereocenters. The van der Waals surface area contributed by atoms with Gasteiger partial charge in [0.15, 0.2) is 5.78 Å². The third kappa shape index (κ3) is 3.63. The molecule has 1 aromatic rings. The number of ketones is 1. The smallest absolute Gasteiger partial charge is 0.154 e. The Morgan fingerprint density at radius 1 is 1.38 bits per heavy atom. The van der Waals surface area contributed by atoms with Crippen LogP contribution < -0.4 is 5.73 Å². The summed E-state index contributed by atoms with van der Waals surface area (Å²) in [5, 5.41) is 0. The molecule has 0 aliphatic carbocycles. The van der Waals surface area contributed by atoms with Gasteiger partial charge in [0.25, 0.3) is 0 Å². The van der Waals surface area contributed by atoms with Crippen LogP contribution in [-0.2, 0) is 11.2 Å². The fourth-order valence-corrected chi connectivity index (χ4v) is 1.81. The highest BCUT2D eigenvalue weighted by Gasteiger charge is 2.12. The molecule has 1 unspecified atom stereocenters. The van der Waals surface area contributed by atoms with Crippen molar-refractivity contribution in [2.24, 2.45) is 5.73 Å². The number of hydrogen-bond acceptors (Lipinski definition) is 2. The Bertz CT molecular complexity index is 375. The van der Waals surface area contributed by atoms with Gasteiger partial charge in [-0.3, -0.25) is 4.79 Å². The highest BCUT2D eigenvalue weighted by atomic mass is 16.1. The minimum absolute atomic E-state index is 0.0740. The van der Waals surface area contributed by atoms with E-state index in [2.05, 4.69) is 12.6 Å².